The molecule has 1 atom stereocenters. The Morgan fingerprint density at radius 1 is 1.47 bits per heavy atom. The molecule has 1 aromatic rings. The summed E-state index contributed by atoms with van der Waals surface area (Å²) in [5.41, 5.74) is 5.59. The number of nitrogens with zero attached hydrogens (tertiary/aromatic N) is 1. The van der Waals surface area contributed by atoms with E-state index in [2.05, 4.69) is 10.5 Å². The van der Waals surface area contributed by atoms with Crippen molar-refractivity contribution in [3.8, 4) is 0 Å². The number of nitrogens with one attached hydrogen (secondary N) is 1. The lowest BCUT2D eigenvalue weighted by Gasteiger charge is -2.28. The molecule has 0 radical (unpaired) electrons. The van der Waals surface area contributed by atoms with Gasteiger partial charge in [0.25, 0.3) is 0 Å². The zero-order chi connectivity index (χ0) is 14.5. The van der Waals surface area contributed by atoms with Gasteiger partial charge in [0.05, 0.1) is 12.0 Å². The molecule has 0 aromatic heterocycles. The molecule has 104 valence electrons. The first-order chi connectivity index (χ1) is 8.91. The lowest BCUT2D eigenvalue weighted by molar-refractivity contribution is -0.121. The third kappa shape index (κ3) is 4.13. The molecular formula is C13H18ClN3O2. The van der Waals surface area contributed by atoms with E-state index in [1.165, 1.54) is 0 Å². The highest BCUT2D eigenvalue weighted by atomic mass is 35.5. The van der Waals surface area contributed by atoms with Gasteiger partial charge >= 0.3 is 0 Å². The largest absolute Gasteiger partial charge is 0.409 e. The molecule has 0 fully saturated rings. The van der Waals surface area contributed by atoms with Gasteiger partial charge in [-0.15, -0.1) is 0 Å². The van der Waals surface area contributed by atoms with Crippen molar-refractivity contribution in [3.05, 3.63) is 34.9 Å². The van der Waals surface area contributed by atoms with Crippen LogP contribution < -0.4 is 11.1 Å². The summed E-state index contributed by atoms with van der Waals surface area (Å²) in [4.78, 5) is 12.0. The van der Waals surface area contributed by atoms with Crippen LogP contribution in [0.5, 0.6) is 0 Å². The third-order valence-electron chi connectivity index (χ3n) is 3.07. The summed E-state index contributed by atoms with van der Waals surface area (Å²) in [6, 6.07) is 7.03. The number of amides is 1. The number of carbonyl (C=O) groups excluding carboxylic acids is 1. The normalized spacial score (nSPS) is 14.8. The van der Waals surface area contributed by atoms with Crippen LogP contribution in [0.15, 0.2) is 29.4 Å². The van der Waals surface area contributed by atoms with E-state index in [1.54, 1.807) is 31.2 Å². The van der Waals surface area contributed by atoms with Crippen LogP contribution in [-0.4, -0.2) is 22.5 Å². The molecule has 0 aliphatic carbocycles. The number of hydrogen-bond acceptors (Lipinski definition) is 3. The van der Waals surface area contributed by atoms with Gasteiger partial charge in [-0.2, -0.15) is 0 Å². The van der Waals surface area contributed by atoms with Gasteiger partial charge in [0.15, 0.2) is 5.84 Å². The Balaban J connectivity index is 2.71. The van der Waals surface area contributed by atoms with Crippen molar-refractivity contribution in [2.45, 2.75) is 32.2 Å². The molecule has 0 bridgehead atoms. The number of carbonyl (C=O) groups is 1. The van der Waals surface area contributed by atoms with Gasteiger partial charge < -0.3 is 16.3 Å². The molecule has 19 heavy (non-hydrogen) atoms. The van der Waals surface area contributed by atoms with E-state index >= 15 is 0 Å². The molecule has 1 amide bonds. The van der Waals surface area contributed by atoms with E-state index < -0.39 is 5.54 Å². The van der Waals surface area contributed by atoms with Crippen LogP contribution in [-0.2, 0) is 11.2 Å². The van der Waals surface area contributed by atoms with E-state index in [4.69, 9.17) is 22.5 Å². The Bertz CT molecular complexity index is 473. The molecule has 0 spiro atoms. The molecule has 0 saturated carbocycles. The quantitative estimate of drug-likeness (QED) is 0.334. The third-order valence-corrected chi connectivity index (χ3v) is 3.33. The Kier molecular flexibility index (Phi) is 5.18. The molecule has 1 aromatic carbocycles. The van der Waals surface area contributed by atoms with Crippen LogP contribution in [0, 0.1) is 0 Å². The van der Waals surface area contributed by atoms with Crippen LogP contribution >= 0.6 is 11.6 Å². The Morgan fingerprint density at radius 2 is 2.05 bits per heavy atom. The molecular weight excluding hydrogens is 266 g/mol. The van der Waals surface area contributed by atoms with Crippen molar-refractivity contribution in [1.29, 1.82) is 0 Å². The van der Waals surface area contributed by atoms with Gasteiger partial charge in [-0.3, -0.25) is 4.79 Å². The highest BCUT2D eigenvalue weighted by Crippen LogP contribution is 2.12. The fraction of sp³-hybridized carbons (Fsp3) is 0.385. The molecule has 5 nitrogen and oxygen atoms in total. The average molecular weight is 284 g/mol. The van der Waals surface area contributed by atoms with Crippen molar-refractivity contribution in [2.75, 3.05) is 0 Å². The Morgan fingerprint density at radius 3 is 2.53 bits per heavy atom. The van der Waals surface area contributed by atoms with Crippen molar-refractivity contribution in [2.24, 2.45) is 10.9 Å². The molecule has 1 unspecified atom stereocenters. The molecule has 4 N–H and O–H groups in total. The van der Waals surface area contributed by atoms with E-state index in [0.717, 1.165) is 5.56 Å². The number of halogens is 1. The van der Waals surface area contributed by atoms with E-state index in [9.17, 15) is 4.79 Å². The van der Waals surface area contributed by atoms with Crippen LogP contribution in [0.25, 0.3) is 0 Å². The SMILES string of the molecule is CCC(C)(NC(=O)Cc1ccc(Cl)cc1)/C(N)=N/O. The van der Waals surface area contributed by atoms with Gasteiger partial charge in [-0.1, -0.05) is 35.8 Å². The zero-order valence-electron chi connectivity index (χ0n) is 11.0. The van der Waals surface area contributed by atoms with Gasteiger partial charge in [0.2, 0.25) is 5.91 Å². The van der Waals surface area contributed by atoms with Crippen LogP contribution in [0.4, 0.5) is 0 Å². The predicted molar refractivity (Wildman–Crippen MR) is 75.4 cm³/mol. The highest BCUT2D eigenvalue weighted by molar-refractivity contribution is 6.30. The Hall–Kier alpha value is -1.75. The highest BCUT2D eigenvalue weighted by Gasteiger charge is 2.29. The summed E-state index contributed by atoms with van der Waals surface area (Å²) < 4.78 is 0. The van der Waals surface area contributed by atoms with Crippen molar-refractivity contribution >= 4 is 23.3 Å². The maximum atomic E-state index is 12.0. The average Bonchev–Trinajstić information content (AvgIpc) is 2.40. The number of oxime groups is 1. The number of benzene rings is 1. The summed E-state index contributed by atoms with van der Waals surface area (Å²) in [6.07, 6.45) is 0.737. The topological polar surface area (TPSA) is 87.7 Å². The van der Waals surface area contributed by atoms with E-state index in [1.807, 2.05) is 6.92 Å². The zero-order valence-corrected chi connectivity index (χ0v) is 11.7. The van der Waals surface area contributed by atoms with E-state index in [-0.39, 0.29) is 18.2 Å². The first kappa shape index (κ1) is 15.3. The van der Waals surface area contributed by atoms with Crippen molar-refractivity contribution in [3.63, 3.8) is 0 Å². The van der Waals surface area contributed by atoms with Crippen LogP contribution in [0.1, 0.15) is 25.8 Å². The predicted octanol–water partition coefficient (Wildman–Crippen LogP) is 1.91. The monoisotopic (exact) mass is 283 g/mol. The number of hydrogen-bond donors (Lipinski definition) is 3. The second kappa shape index (κ2) is 6.43. The Labute approximate surface area is 117 Å². The minimum absolute atomic E-state index is 0.0144. The van der Waals surface area contributed by atoms with E-state index in [0.29, 0.717) is 11.4 Å². The van der Waals surface area contributed by atoms with Gasteiger partial charge in [-0.05, 0) is 31.0 Å². The lowest BCUT2D eigenvalue weighted by Crippen LogP contribution is -2.55. The van der Waals surface area contributed by atoms with Crippen LogP contribution in [0.3, 0.4) is 0 Å². The fourth-order valence-electron chi connectivity index (χ4n) is 1.58. The standard InChI is InChI=1S/C13H18ClN3O2/c1-3-13(2,12(15)17-19)16-11(18)8-9-4-6-10(14)7-5-9/h4-7,19H,3,8H2,1-2H3,(H2,15,17)(H,16,18). The minimum atomic E-state index is -0.849. The molecule has 0 aliphatic heterocycles. The lowest BCUT2D eigenvalue weighted by atomic mass is 9.97. The van der Waals surface area contributed by atoms with Gasteiger partial charge in [0, 0.05) is 5.02 Å². The summed E-state index contributed by atoms with van der Waals surface area (Å²) in [5.74, 6) is -0.210. The molecule has 0 saturated heterocycles. The minimum Gasteiger partial charge on any atom is -0.409 e. The summed E-state index contributed by atoms with van der Waals surface area (Å²) >= 11 is 5.78. The van der Waals surface area contributed by atoms with Gasteiger partial charge in [0.1, 0.15) is 0 Å². The fourth-order valence-corrected chi connectivity index (χ4v) is 1.71. The number of rotatable bonds is 5. The number of amidine groups is 1. The molecule has 0 aliphatic rings. The summed E-state index contributed by atoms with van der Waals surface area (Å²) in [7, 11) is 0. The maximum absolute atomic E-state index is 12.0. The molecule has 1 rings (SSSR count). The second-order valence-corrected chi connectivity index (χ2v) is 4.96. The number of nitrogens with two attached hydrogens (primary N) is 1. The van der Waals surface area contributed by atoms with Crippen molar-refractivity contribution in [1.82, 2.24) is 5.32 Å². The smallest absolute Gasteiger partial charge is 0.225 e. The van der Waals surface area contributed by atoms with Gasteiger partial charge in [-0.25, -0.2) is 0 Å². The first-order valence-electron chi connectivity index (χ1n) is 5.94. The van der Waals surface area contributed by atoms with Crippen LogP contribution in [0.2, 0.25) is 5.02 Å². The first-order valence-corrected chi connectivity index (χ1v) is 6.32. The summed E-state index contributed by atoms with van der Waals surface area (Å²) in [6.45, 7) is 3.56. The van der Waals surface area contributed by atoms with Crippen molar-refractivity contribution < 1.29 is 10.0 Å². The molecule has 6 heteroatoms. The molecule has 0 heterocycles. The summed E-state index contributed by atoms with van der Waals surface area (Å²) in [5, 5.41) is 15.1. The maximum Gasteiger partial charge on any atom is 0.225 e. The second-order valence-electron chi connectivity index (χ2n) is 4.52.